The smallest absolute Gasteiger partial charge is 0.338 e. The Morgan fingerprint density at radius 1 is 1.06 bits per heavy atom. The molecule has 4 rings (SSSR count). The highest BCUT2D eigenvalue weighted by atomic mass is 32.2. The van der Waals surface area contributed by atoms with E-state index in [-0.39, 0.29) is 17.1 Å². The summed E-state index contributed by atoms with van der Waals surface area (Å²) in [6.45, 7) is 4.05. The number of nitrogens with one attached hydrogen (secondary N) is 1. The molecule has 0 radical (unpaired) electrons. The molecule has 0 spiro atoms. The normalized spacial score (nSPS) is 18.1. The fourth-order valence-corrected chi connectivity index (χ4v) is 4.61. The number of aromatic nitrogens is 1. The van der Waals surface area contributed by atoms with Crippen LogP contribution < -0.4 is 10.1 Å². The minimum atomic E-state index is -0.783. The third-order valence-corrected chi connectivity index (χ3v) is 6.78. The van der Waals surface area contributed by atoms with Gasteiger partial charge in [0.25, 0.3) is 5.24 Å². The Kier molecular flexibility index (Phi) is 7.51. The van der Waals surface area contributed by atoms with E-state index in [9.17, 15) is 14.4 Å². The third kappa shape index (κ3) is 6.27. The van der Waals surface area contributed by atoms with Crippen molar-refractivity contribution in [3.63, 3.8) is 0 Å². The molecule has 2 amide bonds. The van der Waals surface area contributed by atoms with Crippen LogP contribution in [0.15, 0.2) is 72.9 Å². The van der Waals surface area contributed by atoms with Gasteiger partial charge in [0.15, 0.2) is 0 Å². The average molecular weight is 491 g/mol. The van der Waals surface area contributed by atoms with Crippen LogP contribution in [0.1, 0.15) is 47.1 Å². The Bertz CT molecular complexity index is 1200. The zero-order valence-corrected chi connectivity index (χ0v) is 20.3. The van der Waals surface area contributed by atoms with Crippen molar-refractivity contribution in [3.8, 4) is 5.75 Å². The molecular formula is C27H26N2O5S. The molecule has 1 fully saturated rings. The lowest BCUT2D eigenvalue weighted by atomic mass is 9.99. The van der Waals surface area contributed by atoms with Gasteiger partial charge in [-0.1, -0.05) is 36.4 Å². The highest BCUT2D eigenvalue weighted by molar-refractivity contribution is 8.16. The summed E-state index contributed by atoms with van der Waals surface area (Å²) in [6.07, 6.45) is 2.39. The Labute approximate surface area is 208 Å². The molecule has 0 aliphatic carbocycles. The van der Waals surface area contributed by atoms with Gasteiger partial charge in [-0.15, -0.1) is 0 Å². The predicted molar refractivity (Wildman–Crippen MR) is 133 cm³/mol. The molecule has 1 aliphatic rings. The number of hydrogen-bond acceptors (Lipinski definition) is 7. The number of thioether (sulfide) groups is 1. The number of rotatable bonds is 9. The first-order valence-corrected chi connectivity index (χ1v) is 12.1. The number of pyridine rings is 1. The molecule has 180 valence electrons. The lowest BCUT2D eigenvalue weighted by Gasteiger charge is -2.18. The van der Waals surface area contributed by atoms with E-state index in [4.69, 9.17) is 9.47 Å². The van der Waals surface area contributed by atoms with Gasteiger partial charge in [0.05, 0.1) is 12.2 Å². The largest absolute Gasteiger partial charge is 0.493 e. The fraction of sp³-hybridized carbons (Fsp3) is 0.259. The van der Waals surface area contributed by atoms with Gasteiger partial charge in [-0.05, 0) is 67.9 Å². The molecule has 1 aromatic heterocycles. The quantitative estimate of drug-likeness (QED) is 0.426. The molecular weight excluding hydrogens is 464 g/mol. The number of carbonyl (C=O) groups is 3. The molecule has 0 saturated carbocycles. The van der Waals surface area contributed by atoms with Crippen LogP contribution in [0.5, 0.6) is 5.75 Å². The maximum absolute atomic E-state index is 12.2. The van der Waals surface area contributed by atoms with Crippen LogP contribution in [-0.2, 0) is 22.4 Å². The van der Waals surface area contributed by atoms with Crippen LogP contribution in [0.25, 0.3) is 0 Å². The maximum Gasteiger partial charge on any atom is 0.338 e. The van der Waals surface area contributed by atoms with Crippen LogP contribution in [0.2, 0.25) is 0 Å². The molecule has 7 nitrogen and oxygen atoms in total. The Hall–Kier alpha value is -3.65. The van der Waals surface area contributed by atoms with E-state index >= 15 is 0 Å². The molecule has 1 saturated heterocycles. The monoisotopic (exact) mass is 490 g/mol. The summed E-state index contributed by atoms with van der Waals surface area (Å²) in [4.78, 5) is 40.2. The number of nitrogens with zero attached hydrogens (tertiary/aromatic N) is 1. The number of imide groups is 1. The summed E-state index contributed by atoms with van der Waals surface area (Å²) < 4.78 is 10.6. The number of ether oxygens (including phenoxy) is 2. The molecule has 8 heteroatoms. The molecule has 0 bridgehead atoms. The second-order valence-corrected chi connectivity index (χ2v) is 9.97. The van der Waals surface area contributed by atoms with E-state index in [0.717, 1.165) is 34.3 Å². The minimum Gasteiger partial charge on any atom is -0.493 e. The van der Waals surface area contributed by atoms with Crippen LogP contribution in [-0.4, -0.2) is 33.5 Å². The lowest BCUT2D eigenvalue weighted by Crippen LogP contribution is -2.35. The number of esters is 1. The second-order valence-electron chi connectivity index (χ2n) is 8.49. The topological polar surface area (TPSA) is 94.6 Å². The standard InChI is InChI=1S/C27H26N2O5S/c1-18(34-24(30)20-6-4-3-5-7-20)21-10-11-22(28-17-21)14-15-33-23-12-8-19(9-13-23)16-27(2)25(31)29-26(32)35-27/h3-13,17-18H,14-16H2,1-2H3,(H,29,31,32). The van der Waals surface area contributed by atoms with Crippen molar-refractivity contribution >= 4 is 28.9 Å². The summed E-state index contributed by atoms with van der Waals surface area (Å²) in [5.74, 6) is 0.0983. The molecule has 2 aromatic carbocycles. The van der Waals surface area contributed by atoms with E-state index in [1.165, 1.54) is 0 Å². The Morgan fingerprint density at radius 3 is 2.43 bits per heavy atom. The van der Waals surface area contributed by atoms with Crippen molar-refractivity contribution < 1.29 is 23.9 Å². The van der Waals surface area contributed by atoms with Gasteiger partial charge in [-0.2, -0.15) is 0 Å². The van der Waals surface area contributed by atoms with Crippen molar-refractivity contribution in [2.45, 2.75) is 37.5 Å². The predicted octanol–water partition coefficient (Wildman–Crippen LogP) is 4.91. The van der Waals surface area contributed by atoms with Gasteiger partial charge in [0.1, 0.15) is 16.6 Å². The molecule has 2 heterocycles. The third-order valence-electron chi connectivity index (χ3n) is 5.72. The maximum atomic E-state index is 12.2. The van der Waals surface area contributed by atoms with E-state index in [1.807, 2.05) is 49.4 Å². The molecule has 1 N–H and O–H groups in total. The molecule has 35 heavy (non-hydrogen) atoms. The van der Waals surface area contributed by atoms with Gasteiger partial charge in [-0.25, -0.2) is 4.79 Å². The lowest BCUT2D eigenvalue weighted by molar-refractivity contribution is -0.121. The van der Waals surface area contributed by atoms with Gasteiger partial charge < -0.3 is 9.47 Å². The first-order valence-electron chi connectivity index (χ1n) is 11.3. The first kappa shape index (κ1) is 24.5. The van der Waals surface area contributed by atoms with Crippen LogP contribution in [0, 0.1) is 0 Å². The zero-order valence-electron chi connectivity index (χ0n) is 19.5. The van der Waals surface area contributed by atoms with Crippen molar-refractivity contribution in [3.05, 3.63) is 95.3 Å². The SMILES string of the molecule is CC(OC(=O)c1ccccc1)c1ccc(CCOc2ccc(CC3(C)SC(=O)NC3=O)cc2)nc1. The van der Waals surface area contributed by atoms with Crippen molar-refractivity contribution in [2.75, 3.05) is 6.61 Å². The van der Waals surface area contributed by atoms with Crippen molar-refractivity contribution in [1.82, 2.24) is 10.3 Å². The summed E-state index contributed by atoms with van der Waals surface area (Å²) in [7, 11) is 0. The van der Waals surface area contributed by atoms with Gasteiger partial charge in [0, 0.05) is 23.9 Å². The molecule has 2 atom stereocenters. The summed E-state index contributed by atoms with van der Waals surface area (Å²) in [5.41, 5.74) is 3.16. The van der Waals surface area contributed by atoms with Crippen molar-refractivity contribution in [2.24, 2.45) is 0 Å². The number of carbonyl (C=O) groups excluding carboxylic acids is 3. The highest BCUT2D eigenvalue weighted by Crippen LogP contribution is 2.35. The van der Waals surface area contributed by atoms with E-state index < -0.39 is 10.9 Å². The van der Waals surface area contributed by atoms with Crippen LogP contribution in [0.3, 0.4) is 0 Å². The Balaban J connectivity index is 1.24. The summed E-state index contributed by atoms with van der Waals surface area (Å²) >= 11 is 1.03. The van der Waals surface area contributed by atoms with E-state index in [1.54, 1.807) is 37.4 Å². The number of benzene rings is 2. The fourth-order valence-electron chi connectivity index (χ4n) is 3.68. The summed E-state index contributed by atoms with van der Waals surface area (Å²) in [5, 5.41) is 2.04. The average Bonchev–Trinajstić information content (AvgIpc) is 3.11. The zero-order chi connectivity index (χ0) is 24.8. The van der Waals surface area contributed by atoms with E-state index in [0.29, 0.717) is 25.0 Å². The Morgan fingerprint density at radius 2 is 1.80 bits per heavy atom. The van der Waals surface area contributed by atoms with Crippen LogP contribution >= 0.6 is 11.8 Å². The van der Waals surface area contributed by atoms with Gasteiger partial charge in [-0.3, -0.25) is 19.9 Å². The highest BCUT2D eigenvalue weighted by Gasteiger charge is 2.43. The first-order chi connectivity index (χ1) is 16.8. The molecule has 3 aromatic rings. The van der Waals surface area contributed by atoms with Gasteiger partial charge in [0.2, 0.25) is 5.91 Å². The molecule has 1 aliphatic heterocycles. The number of hydrogen-bond donors (Lipinski definition) is 1. The minimum absolute atomic E-state index is 0.255. The molecule has 2 unspecified atom stereocenters. The number of amides is 2. The van der Waals surface area contributed by atoms with E-state index in [2.05, 4.69) is 10.3 Å². The second kappa shape index (κ2) is 10.7. The summed E-state index contributed by atoms with van der Waals surface area (Å²) in [6, 6.07) is 20.2. The van der Waals surface area contributed by atoms with Crippen molar-refractivity contribution in [1.29, 1.82) is 0 Å². The van der Waals surface area contributed by atoms with Crippen LogP contribution in [0.4, 0.5) is 4.79 Å². The van der Waals surface area contributed by atoms with Gasteiger partial charge >= 0.3 is 5.97 Å².